The SMILES string of the molecule is CCC(=O)C(C)Oc1ccc(N2CCCC2=O)cc1. The first-order valence-corrected chi connectivity index (χ1v) is 6.71. The number of nitrogens with zero attached hydrogens (tertiary/aromatic N) is 1. The molecule has 1 aliphatic rings. The van der Waals surface area contributed by atoms with Crippen LogP contribution in [0.5, 0.6) is 5.75 Å². The van der Waals surface area contributed by atoms with Crippen LogP contribution in [0.3, 0.4) is 0 Å². The Balaban J connectivity index is 2.02. The first kappa shape index (κ1) is 13.6. The Kier molecular flexibility index (Phi) is 4.20. The highest BCUT2D eigenvalue weighted by atomic mass is 16.5. The number of rotatable bonds is 5. The number of hydrogen-bond acceptors (Lipinski definition) is 3. The highest BCUT2D eigenvalue weighted by Crippen LogP contribution is 2.24. The maximum Gasteiger partial charge on any atom is 0.227 e. The lowest BCUT2D eigenvalue weighted by molar-refractivity contribution is -0.124. The average Bonchev–Trinajstić information content (AvgIpc) is 2.85. The molecule has 1 heterocycles. The van der Waals surface area contributed by atoms with Crippen LogP contribution >= 0.6 is 0 Å². The standard InChI is InChI=1S/C15H19NO3/c1-3-14(17)11(2)19-13-8-6-12(7-9-13)16-10-4-5-15(16)18/h6-9,11H,3-5,10H2,1-2H3. The molecular weight excluding hydrogens is 242 g/mol. The summed E-state index contributed by atoms with van der Waals surface area (Å²) in [5.74, 6) is 0.909. The molecule has 1 aromatic rings. The summed E-state index contributed by atoms with van der Waals surface area (Å²) in [6, 6.07) is 7.34. The molecule has 4 heteroatoms. The molecule has 0 N–H and O–H groups in total. The van der Waals surface area contributed by atoms with Gasteiger partial charge in [-0.3, -0.25) is 9.59 Å². The molecule has 1 aliphatic heterocycles. The van der Waals surface area contributed by atoms with Crippen molar-refractivity contribution in [1.82, 2.24) is 0 Å². The summed E-state index contributed by atoms with van der Waals surface area (Å²) in [5.41, 5.74) is 0.893. The number of anilines is 1. The summed E-state index contributed by atoms with van der Waals surface area (Å²) < 4.78 is 5.56. The zero-order chi connectivity index (χ0) is 13.8. The summed E-state index contributed by atoms with van der Waals surface area (Å²) in [7, 11) is 0. The Bertz CT molecular complexity index is 467. The van der Waals surface area contributed by atoms with Crippen LogP contribution in [0.4, 0.5) is 5.69 Å². The third kappa shape index (κ3) is 3.13. The van der Waals surface area contributed by atoms with Gasteiger partial charge in [0.15, 0.2) is 11.9 Å². The normalized spacial score (nSPS) is 16.5. The number of benzene rings is 1. The van der Waals surface area contributed by atoms with E-state index in [1.165, 1.54) is 0 Å². The first-order valence-electron chi connectivity index (χ1n) is 6.71. The van der Waals surface area contributed by atoms with Crippen molar-refractivity contribution in [3.05, 3.63) is 24.3 Å². The van der Waals surface area contributed by atoms with E-state index < -0.39 is 6.10 Å². The van der Waals surface area contributed by atoms with Crippen LogP contribution in [0, 0.1) is 0 Å². The minimum atomic E-state index is -0.427. The van der Waals surface area contributed by atoms with E-state index in [0.717, 1.165) is 18.7 Å². The van der Waals surface area contributed by atoms with Gasteiger partial charge in [0, 0.05) is 25.1 Å². The number of Topliss-reactive ketones (excluding diaryl/α,β-unsaturated/α-hetero) is 1. The molecule has 1 amide bonds. The van der Waals surface area contributed by atoms with Crippen molar-refractivity contribution in [3.8, 4) is 5.75 Å². The van der Waals surface area contributed by atoms with Gasteiger partial charge in [-0.2, -0.15) is 0 Å². The van der Waals surface area contributed by atoms with Crippen molar-refractivity contribution in [3.63, 3.8) is 0 Å². The summed E-state index contributed by atoms with van der Waals surface area (Å²) >= 11 is 0. The van der Waals surface area contributed by atoms with Crippen LogP contribution in [-0.4, -0.2) is 24.3 Å². The number of hydrogen-bond donors (Lipinski definition) is 0. The largest absolute Gasteiger partial charge is 0.483 e. The zero-order valence-electron chi connectivity index (χ0n) is 11.4. The molecule has 1 fully saturated rings. The molecule has 4 nitrogen and oxygen atoms in total. The van der Waals surface area contributed by atoms with Crippen LogP contribution in [-0.2, 0) is 9.59 Å². The highest BCUT2D eigenvalue weighted by Gasteiger charge is 2.21. The monoisotopic (exact) mass is 261 g/mol. The zero-order valence-corrected chi connectivity index (χ0v) is 11.4. The second-order valence-electron chi connectivity index (χ2n) is 4.72. The quantitative estimate of drug-likeness (QED) is 0.818. The Morgan fingerprint density at radius 2 is 2.05 bits per heavy atom. The third-order valence-corrected chi connectivity index (χ3v) is 3.34. The highest BCUT2D eigenvalue weighted by molar-refractivity contribution is 5.95. The number of carbonyl (C=O) groups is 2. The van der Waals surface area contributed by atoms with E-state index in [-0.39, 0.29) is 11.7 Å². The molecule has 0 aliphatic carbocycles. The second-order valence-corrected chi connectivity index (χ2v) is 4.72. The van der Waals surface area contributed by atoms with Crippen molar-refractivity contribution in [2.24, 2.45) is 0 Å². The van der Waals surface area contributed by atoms with Gasteiger partial charge in [0.05, 0.1) is 0 Å². The van der Waals surface area contributed by atoms with Gasteiger partial charge in [-0.05, 0) is 37.6 Å². The van der Waals surface area contributed by atoms with Crippen molar-refractivity contribution < 1.29 is 14.3 Å². The van der Waals surface area contributed by atoms with Crippen molar-refractivity contribution in [2.45, 2.75) is 39.2 Å². The van der Waals surface area contributed by atoms with Gasteiger partial charge in [0.1, 0.15) is 5.75 Å². The number of carbonyl (C=O) groups excluding carboxylic acids is 2. The molecule has 19 heavy (non-hydrogen) atoms. The summed E-state index contributed by atoms with van der Waals surface area (Å²) in [6.07, 6.45) is 1.59. The minimum absolute atomic E-state index is 0.0822. The van der Waals surface area contributed by atoms with E-state index in [1.54, 1.807) is 24.0 Å². The van der Waals surface area contributed by atoms with E-state index in [4.69, 9.17) is 4.74 Å². The van der Waals surface area contributed by atoms with Gasteiger partial charge in [-0.1, -0.05) is 6.92 Å². The smallest absolute Gasteiger partial charge is 0.227 e. The van der Waals surface area contributed by atoms with Gasteiger partial charge < -0.3 is 9.64 Å². The van der Waals surface area contributed by atoms with Gasteiger partial charge in [-0.25, -0.2) is 0 Å². The van der Waals surface area contributed by atoms with Crippen LogP contribution in [0.15, 0.2) is 24.3 Å². The van der Waals surface area contributed by atoms with E-state index in [0.29, 0.717) is 18.6 Å². The van der Waals surface area contributed by atoms with Crippen molar-refractivity contribution in [1.29, 1.82) is 0 Å². The molecular formula is C15H19NO3. The Morgan fingerprint density at radius 1 is 1.37 bits per heavy atom. The minimum Gasteiger partial charge on any atom is -0.483 e. The fourth-order valence-electron chi connectivity index (χ4n) is 2.18. The maximum atomic E-state index is 11.6. The van der Waals surface area contributed by atoms with Crippen molar-refractivity contribution >= 4 is 17.4 Å². The molecule has 0 aromatic heterocycles. The van der Waals surface area contributed by atoms with E-state index >= 15 is 0 Å². The molecule has 0 spiro atoms. The Labute approximate surface area is 113 Å². The molecule has 2 rings (SSSR count). The van der Waals surface area contributed by atoms with Crippen LogP contribution in [0.1, 0.15) is 33.1 Å². The predicted octanol–water partition coefficient (Wildman–Crippen LogP) is 2.56. The van der Waals surface area contributed by atoms with E-state index in [9.17, 15) is 9.59 Å². The molecule has 0 bridgehead atoms. The van der Waals surface area contributed by atoms with Crippen LogP contribution in [0.25, 0.3) is 0 Å². The molecule has 0 saturated carbocycles. The second kappa shape index (κ2) is 5.87. The third-order valence-electron chi connectivity index (χ3n) is 3.34. The number of ketones is 1. The average molecular weight is 261 g/mol. The summed E-state index contributed by atoms with van der Waals surface area (Å²) in [6.45, 7) is 4.36. The number of ether oxygens (including phenoxy) is 1. The maximum absolute atomic E-state index is 11.6. The molecule has 1 aromatic carbocycles. The fourth-order valence-corrected chi connectivity index (χ4v) is 2.18. The van der Waals surface area contributed by atoms with Gasteiger partial charge >= 0.3 is 0 Å². The molecule has 1 unspecified atom stereocenters. The lowest BCUT2D eigenvalue weighted by Crippen LogP contribution is -2.24. The van der Waals surface area contributed by atoms with E-state index in [2.05, 4.69) is 0 Å². The van der Waals surface area contributed by atoms with Crippen LogP contribution in [0.2, 0.25) is 0 Å². The van der Waals surface area contributed by atoms with Gasteiger partial charge in [0.25, 0.3) is 0 Å². The topological polar surface area (TPSA) is 46.6 Å². The Morgan fingerprint density at radius 3 is 2.58 bits per heavy atom. The fraction of sp³-hybridized carbons (Fsp3) is 0.467. The summed E-state index contributed by atoms with van der Waals surface area (Å²) in [5, 5.41) is 0. The van der Waals surface area contributed by atoms with Gasteiger partial charge in [0.2, 0.25) is 5.91 Å². The van der Waals surface area contributed by atoms with E-state index in [1.807, 2.05) is 19.1 Å². The lowest BCUT2D eigenvalue weighted by Gasteiger charge is -2.17. The van der Waals surface area contributed by atoms with Crippen molar-refractivity contribution in [2.75, 3.05) is 11.4 Å². The molecule has 1 atom stereocenters. The first-order chi connectivity index (χ1) is 9.11. The molecule has 1 saturated heterocycles. The summed E-state index contributed by atoms with van der Waals surface area (Å²) in [4.78, 5) is 24.9. The molecule has 0 radical (unpaired) electrons. The van der Waals surface area contributed by atoms with Crippen LogP contribution < -0.4 is 9.64 Å². The molecule has 102 valence electrons. The number of amides is 1. The van der Waals surface area contributed by atoms with Gasteiger partial charge in [-0.15, -0.1) is 0 Å². The lowest BCUT2D eigenvalue weighted by atomic mass is 10.2. The Hall–Kier alpha value is -1.84. The predicted molar refractivity (Wildman–Crippen MR) is 73.4 cm³/mol.